The van der Waals surface area contributed by atoms with Crippen LogP contribution in [0, 0.1) is 0 Å². The summed E-state index contributed by atoms with van der Waals surface area (Å²) >= 11 is 0. The van der Waals surface area contributed by atoms with Gasteiger partial charge in [-0.25, -0.2) is 0 Å². The number of rotatable bonds is 5. The predicted molar refractivity (Wildman–Crippen MR) is 35.4 cm³/mol. The lowest BCUT2D eigenvalue weighted by molar-refractivity contribution is -0.0522. The Morgan fingerprint density at radius 3 is 2.00 bits per heavy atom. The highest BCUT2D eigenvalue weighted by Gasteiger charge is 2.00. The number of ether oxygens (including phenoxy) is 2. The van der Waals surface area contributed by atoms with Gasteiger partial charge in [0, 0.05) is 0 Å². The van der Waals surface area contributed by atoms with E-state index in [1.165, 1.54) is 12.5 Å². The maximum absolute atomic E-state index is 5.20. The molecular weight excluding hydrogens is 118 g/mol. The number of hydrogen-bond donors (Lipinski definition) is 1. The summed E-state index contributed by atoms with van der Waals surface area (Å²) < 4.78 is 9.55. The van der Waals surface area contributed by atoms with Gasteiger partial charge in [-0.05, 0) is 0 Å². The van der Waals surface area contributed by atoms with Gasteiger partial charge in [0.25, 0.3) is 6.29 Å². The van der Waals surface area contributed by atoms with Crippen LogP contribution in [0.2, 0.25) is 0 Å². The van der Waals surface area contributed by atoms with Crippen molar-refractivity contribution in [2.24, 2.45) is 5.73 Å². The maximum atomic E-state index is 5.20. The highest BCUT2D eigenvalue weighted by atomic mass is 16.7. The molecule has 0 bridgehead atoms. The second-order valence-corrected chi connectivity index (χ2v) is 1.27. The molecule has 0 saturated heterocycles. The number of hydrogen-bond acceptors (Lipinski definition) is 3. The minimum atomic E-state index is -0.444. The lowest BCUT2D eigenvalue weighted by Gasteiger charge is -2.11. The first-order chi connectivity index (χ1) is 4.35. The zero-order valence-electron chi connectivity index (χ0n) is 5.25. The molecule has 0 aromatic rings. The first-order valence-corrected chi connectivity index (χ1v) is 2.58. The third kappa shape index (κ3) is 3.61. The minimum Gasteiger partial charge on any atom is -0.462 e. The third-order valence-electron chi connectivity index (χ3n) is 0.688. The highest BCUT2D eigenvalue weighted by molar-refractivity contribution is 4.58. The first-order valence-electron chi connectivity index (χ1n) is 2.58. The molecule has 0 amide bonds. The summed E-state index contributed by atoms with van der Waals surface area (Å²) in [5, 5.41) is 0. The van der Waals surface area contributed by atoms with Crippen LogP contribution in [-0.2, 0) is 9.47 Å². The molecule has 0 aromatic heterocycles. The zero-order valence-corrected chi connectivity index (χ0v) is 5.25. The van der Waals surface area contributed by atoms with Gasteiger partial charge >= 0.3 is 0 Å². The fourth-order valence-electron chi connectivity index (χ4n) is 0.358. The third-order valence-corrected chi connectivity index (χ3v) is 0.688. The van der Waals surface area contributed by atoms with Crippen LogP contribution in [0.5, 0.6) is 0 Å². The molecule has 0 radical (unpaired) electrons. The zero-order chi connectivity index (χ0) is 7.11. The van der Waals surface area contributed by atoms with Crippen LogP contribution in [0.25, 0.3) is 0 Å². The molecule has 0 atom stereocenters. The van der Waals surface area contributed by atoms with E-state index in [9.17, 15) is 0 Å². The molecule has 3 nitrogen and oxygen atoms in total. The smallest absolute Gasteiger partial charge is 0.251 e. The molecule has 0 unspecified atom stereocenters. The lowest BCUT2D eigenvalue weighted by Crippen LogP contribution is -2.22. The lowest BCUT2D eigenvalue weighted by atomic mass is 10.6. The van der Waals surface area contributed by atoms with Gasteiger partial charge in [0.2, 0.25) is 0 Å². The molecule has 2 N–H and O–H groups in total. The van der Waals surface area contributed by atoms with Crippen molar-refractivity contribution in [1.29, 1.82) is 0 Å². The van der Waals surface area contributed by atoms with Crippen LogP contribution in [-0.4, -0.2) is 12.8 Å². The quantitative estimate of drug-likeness (QED) is 0.436. The molecule has 0 saturated carbocycles. The van der Waals surface area contributed by atoms with E-state index in [-0.39, 0.29) is 6.54 Å². The first kappa shape index (κ1) is 8.04. The molecule has 0 aliphatic rings. The van der Waals surface area contributed by atoms with E-state index >= 15 is 0 Å². The van der Waals surface area contributed by atoms with Gasteiger partial charge in [0.15, 0.2) is 0 Å². The van der Waals surface area contributed by atoms with Gasteiger partial charge in [0.05, 0.1) is 19.1 Å². The molecule has 9 heavy (non-hydrogen) atoms. The topological polar surface area (TPSA) is 44.5 Å². The molecule has 0 aliphatic heterocycles. The maximum Gasteiger partial charge on any atom is 0.251 e. The van der Waals surface area contributed by atoms with Crippen molar-refractivity contribution in [3.63, 3.8) is 0 Å². The SMILES string of the molecule is C=COC(CN)OC=C. The Kier molecular flexibility index (Phi) is 4.63. The molecule has 0 rings (SSSR count). The Bertz CT molecular complexity index is 83.1. The van der Waals surface area contributed by atoms with Gasteiger partial charge in [0.1, 0.15) is 0 Å². The van der Waals surface area contributed by atoms with Crippen molar-refractivity contribution in [3.05, 3.63) is 25.7 Å². The summed E-state index contributed by atoms with van der Waals surface area (Å²) in [5.41, 5.74) is 5.20. The average molecular weight is 129 g/mol. The van der Waals surface area contributed by atoms with Gasteiger partial charge in [-0.3, -0.25) is 0 Å². The standard InChI is InChI=1S/C6H11NO2/c1-3-8-6(5-7)9-4-2/h3-4,6H,1-2,5,7H2. The van der Waals surface area contributed by atoms with Crippen molar-refractivity contribution in [3.8, 4) is 0 Å². The predicted octanol–water partition coefficient (Wildman–Crippen LogP) is 0.591. The van der Waals surface area contributed by atoms with E-state index in [1.807, 2.05) is 0 Å². The molecule has 3 heteroatoms. The van der Waals surface area contributed by atoms with E-state index in [0.29, 0.717) is 0 Å². The number of nitrogens with two attached hydrogens (primary N) is 1. The molecule has 0 spiro atoms. The summed E-state index contributed by atoms with van der Waals surface area (Å²) in [7, 11) is 0. The van der Waals surface area contributed by atoms with E-state index in [0.717, 1.165) is 0 Å². The van der Waals surface area contributed by atoms with Crippen molar-refractivity contribution in [1.82, 2.24) is 0 Å². The van der Waals surface area contributed by atoms with Gasteiger partial charge < -0.3 is 15.2 Å². The summed E-state index contributed by atoms with van der Waals surface area (Å²) in [6.45, 7) is 6.97. The summed E-state index contributed by atoms with van der Waals surface area (Å²) in [4.78, 5) is 0. The van der Waals surface area contributed by atoms with Gasteiger partial charge in [-0.15, -0.1) is 0 Å². The second kappa shape index (κ2) is 5.18. The van der Waals surface area contributed by atoms with Crippen molar-refractivity contribution >= 4 is 0 Å². The normalized spacial score (nSPS) is 8.67. The van der Waals surface area contributed by atoms with Crippen molar-refractivity contribution < 1.29 is 9.47 Å². The Labute approximate surface area is 54.8 Å². The van der Waals surface area contributed by atoms with Crippen molar-refractivity contribution in [2.45, 2.75) is 6.29 Å². The van der Waals surface area contributed by atoms with E-state index in [4.69, 9.17) is 15.2 Å². The average Bonchev–Trinajstić information content (AvgIpc) is 1.88. The van der Waals surface area contributed by atoms with Crippen molar-refractivity contribution in [2.75, 3.05) is 6.54 Å². The van der Waals surface area contributed by atoms with Gasteiger partial charge in [-0.1, -0.05) is 13.2 Å². The molecule has 0 aromatic carbocycles. The van der Waals surface area contributed by atoms with Gasteiger partial charge in [-0.2, -0.15) is 0 Å². The molecular formula is C6H11NO2. The Morgan fingerprint density at radius 2 is 1.78 bits per heavy atom. The Hall–Kier alpha value is -0.960. The fraction of sp³-hybridized carbons (Fsp3) is 0.333. The molecule has 52 valence electrons. The van der Waals surface area contributed by atoms with E-state index in [1.54, 1.807) is 0 Å². The Balaban J connectivity index is 3.39. The molecule has 0 heterocycles. The summed E-state index contributed by atoms with van der Waals surface area (Å²) in [6.07, 6.45) is 2.11. The summed E-state index contributed by atoms with van der Waals surface area (Å²) in [5.74, 6) is 0. The van der Waals surface area contributed by atoms with Crippen LogP contribution in [0.3, 0.4) is 0 Å². The largest absolute Gasteiger partial charge is 0.462 e. The molecule has 0 aliphatic carbocycles. The minimum absolute atomic E-state index is 0.290. The van der Waals surface area contributed by atoms with Crippen LogP contribution in [0.1, 0.15) is 0 Å². The highest BCUT2D eigenvalue weighted by Crippen LogP contribution is 1.91. The Morgan fingerprint density at radius 1 is 1.33 bits per heavy atom. The monoisotopic (exact) mass is 129 g/mol. The van der Waals surface area contributed by atoms with E-state index in [2.05, 4.69) is 13.2 Å². The van der Waals surface area contributed by atoms with Crippen LogP contribution >= 0.6 is 0 Å². The van der Waals surface area contributed by atoms with Crippen LogP contribution < -0.4 is 5.73 Å². The second-order valence-electron chi connectivity index (χ2n) is 1.27. The van der Waals surface area contributed by atoms with Crippen LogP contribution in [0.4, 0.5) is 0 Å². The fourth-order valence-corrected chi connectivity index (χ4v) is 0.358. The summed E-state index contributed by atoms with van der Waals surface area (Å²) in [6, 6.07) is 0. The van der Waals surface area contributed by atoms with Crippen LogP contribution in [0.15, 0.2) is 25.7 Å². The van der Waals surface area contributed by atoms with E-state index < -0.39 is 6.29 Å². The molecule has 0 fully saturated rings.